The zero-order chi connectivity index (χ0) is 22.9. The number of hydrogen-bond donors (Lipinski definition) is 0. The summed E-state index contributed by atoms with van der Waals surface area (Å²) in [5, 5.41) is 0. The van der Waals surface area contributed by atoms with E-state index in [1.54, 1.807) is 0 Å². The first-order valence-corrected chi connectivity index (χ1v) is 14.2. The Morgan fingerprint density at radius 1 is 0.677 bits per heavy atom. The van der Waals surface area contributed by atoms with Gasteiger partial charge in [0.05, 0.1) is 12.2 Å². The second-order valence-corrected chi connectivity index (χ2v) is 11.4. The standard InChI is InChI=1S/C29H56O2/c1-8-13-15-23-20-25(17-18-27(23)30-11-4)29(6,7)26-19-22(10-3)28(31-12-5)24(21-26)16-14-9-2/h22-28H,8-21H2,1-7H3. The Bertz CT molecular complexity index is 473. The maximum absolute atomic E-state index is 6.39. The van der Waals surface area contributed by atoms with Gasteiger partial charge in [0.15, 0.2) is 0 Å². The second kappa shape index (κ2) is 13.6. The molecule has 7 unspecified atom stereocenters. The molecule has 184 valence electrons. The third-order valence-electron chi connectivity index (χ3n) is 9.24. The third kappa shape index (κ3) is 7.20. The van der Waals surface area contributed by atoms with Crippen LogP contribution in [0.5, 0.6) is 0 Å². The molecule has 0 N–H and O–H groups in total. The van der Waals surface area contributed by atoms with E-state index in [1.807, 2.05) is 0 Å². The highest BCUT2D eigenvalue weighted by Gasteiger charge is 2.47. The molecule has 0 aromatic heterocycles. The van der Waals surface area contributed by atoms with Crippen LogP contribution in [0.25, 0.3) is 0 Å². The molecule has 2 rings (SSSR count). The summed E-state index contributed by atoms with van der Waals surface area (Å²) >= 11 is 0. The van der Waals surface area contributed by atoms with Crippen molar-refractivity contribution in [3.63, 3.8) is 0 Å². The zero-order valence-electron chi connectivity index (χ0n) is 22.3. The van der Waals surface area contributed by atoms with E-state index in [0.717, 1.165) is 42.8 Å². The lowest BCUT2D eigenvalue weighted by atomic mass is 9.55. The molecule has 2 aliphatic rings. The Morgan fingerprint density at radius 2 is 1.26 bits per heavy atom. The predicted molar refractivity (Wildman–Crippen MR) is 134 cm³/mol. The van der Waals surface area contributed by atoms with Crippen LogP contribution >= 0.6 is 0 Å². The van der Waals surface area contributed by atoms with E-state index >= 15 is 0 Å². The van der Waals surface area contributed by atoms with Gasteiger partial charge in [-0.05, 0) is 93.8 Å². The molecule has 0 amide bonds. The van der Waals surface area contributed by atoms with Crippen LogP contribution in [0.15, 0.2) is 0 Å². The lowest BCUT2D eigenvalue weighted by Gasteiger charge is -2.52. The minimum Gasteiger partial charge on any atom is -0.378 e. The second-order valence-electron chi connectivity index (χ2n) is 11.4. The van der Waals surface area contributed by atoms with Crippen LogP contribution < -0.4 is 0 Å². The fourth-order valence-corrected chi connectivity index (χ4v) is 7.15. The fourth-order valence-electron chi connectivity index (χ4n) is 7.15. The molecule has 7 atom stereocenters. The van der Waals surface area contributed by atoms with Crippen LogP contribution in [0.2, 0.25) is 0 Å². The monoisotopic (exact) mass is 436 g/mol. The average Bonchev–Trinajstić information content (AvgIpc) is 2.77. The van der Waals surface area contributed by atoms with Gasteiger partial charge >= 0.3 is 0 Å². The summed E-state index contributed by atoms with van der Waals surface area (Å²) in [4.78, 5) is 0. The molecule has 0 aliphatic heterocycles. The van der Waals surface area contributed by atoms with Crippen LogP contribution in [-0.2, 0) is 9.47 Å². The van der Waals surface area contributed by atoms with Gasteiger partial charge in [0.25, 0.3) is 0 Å². The van der Waals surface area contributed by atoms with E-state index in [4.69, 9.17) is 9.47 Å². The summed E-state index contributed by atoms with van der Waals surface area (Å²) in [6.07, 6.45) is 17.1. The Morgan fingerprint density at radius 3 is 1.84 bits per heavy atom. The molecule has 0 aromatic carbocycles. The van der Waals surface area contributed by atoms with Crippen molar-refractivity contribution < 1.29 is 9.47 Å². The van der Waals surface area contributed by atoms with Crippen molar-refractivity contribution in [1.29, 1.82) is 0 Å². The van der Waals surface area contributed by atoms with E-state index in [9.17, 15) is 0 Å². The number of rotatable bonds is 13. The molecule has 0 radical (unpaired) electrons. The zero-order valence-corrected chi connectivity index (χ0v) is 22.3. The van der Waals surface area contributed by atoms with Gasteiger partial charge in [0.1, 0.15) is 0 Å². The molecule has 31 heavy (non-hydrogen) atoms. The highest BCUT2D eigenvalue weighted by Crippen LogP contribution is 2.53. The molecule has 2 saturated carbocycles. The highest BCUT2D eigenvalue weighted by atomic mass is 16.5. The minimum absolute atomic E-state index is 0.427. The Labute approximate surface area is 195 Å². The van der Waals surface area contributed by atoms with Crippen LogP contribution in [0.1, 0.15) is 126 Å². The van der Waals surface area contributed by atoms with Crippen molar-refractivity contribution in [2.75, 3.05) is 13.2 Å². The van der Waals surface area contributed by atoms with Gasteiger partial charge in [0.2, 0.25) is 0 Å². The summed E-state index contributed by atoms with van der Waals surface area (Å²) in [6.45, 7) is 18.4. The van der Waals surface area contributed by atoms with Crippen LogP contribution in [0, 0.1) is 35.0 Å². The summed E-state index contributed by atoms with van der Waals surface area (Å²) in [7, 11) is 0. The van der Waals surface area contributed by atoms with Gasteiger partial charge < -0.3 is 9.47 Å². The molecule has 2 nitrogen and oxygen atoms in total. The smallest absolute Gasteiger partial charge is 0.0631 e. The Kier molecular flexibility index (Phi) is 11.9. The summed E-state index contributed by atoms with van der Waals surface area (Å²) < 4.78 is 12.6. The van der Waals surface area contributed by atoms with Gasteiger partial charge in [-0.15, -0.1) is 0 Å². The normalized spacial score (nSPS) is 34.7. The van der Waals surface area contributed by atoms with Crippen molar-refractivity contribution in [3.05, 3.63) is 0 Å². The van der Waals surface area contributed by atoms with Gasteiger partial charge in [0, 0.05) is 13.2 Å². The lowest BCUT2D eigenvalue weighted by molar-refractivity contribution is -0.0977. The predicted octanol–water partition coefficient (Wildman–Crippen LogP) is 8.67. The maximum atomic E-state index is 6.39. The first-order chi connectivity index (χ1) is 14.9. The SMILES string of the molecule is CCCCC1CC(C(C)(C)C2CC(CC)C(OCC)C(CCCC)C2)CCC1OCC. The number of ether oxygens (including phenoxy) is 2. The molecule has 0 spiro atoms. The molecular formula is C29H56O2. The van der Waals surface area contributed by atoms with E-state index in [-0.39, 0.29) is 0 Å². The Balaban J connectivity index is 2.14. The van der Waals surface area contributed by atoms with Gasteiger partial charge in [-0.2, -0.15) is 0 Å². The first-order valence-electron chi connectivity index (χ1n) is 14.2. The van der Waals surface area contributed by atoms with Crippen molar-refractivity contribution in [3.8, 4) is 0 Å². The van der Waals surface area contributed by atoms with Crippen molar-refractivity contribution in [1.82, 2.24) is 0 Å². The number of unbranched alkanes of at least 4 members (excludes halogenated alkanes) is 2. The molecule has 2 fully saturated rings. The van der Waals surface area contributed by atoms with Crippen LogP contribution in [0.4, 0.5) is 0 Å². The molecule has 0 bridgehead atoms. The van der Waals surface area contributed by atoms with Gasteiger partial charge in [-0.3, -0.25) is 0 Å². The summed E-state index contributed by atoms with van der Waals surface area (Å²) in [6, 6.07) is 0. The van der Waals surface area contributed by atoms with Crippen LogP contribution in [-0.4, -0.2) is 25.4 Å². The first kappa shape index (κ1) is 27.2. The van der Waals surface area contributed by atoms with Crippen molar-refractivity contribution in [2.24, 2.45) is 35.0 Å². The minimum atomic E-state index is 0.427. The lowest BCUT2D eigenvalue weighted by Crippen LogP contribution is -2.47. The van der Waals surface area contributed by atoms with Gasteiger partial charge in [-0.25, -0.2) is 0 Å². The third-order valence-corrected chi connectivity index (χ3v) is 9.24. The quantitative estimate of drug-likeness (QED) is 0.287. The average molecular weight is 437 g/mol. The van der Waals surface area contributed by atoms with Crippen molar-refractivity contribution >= 4 is 0 Å². The van der Waals surface area contributed by atoms with E-state index in [0.29, 0.717) is 17.6 Å². The topological polar surface area (TPSA) is 18.5 Å². The Hall–Kier alpha value is -0.0800. The molecule has 0 saturated heterocycles. The van der Waals surface area contributed by atoms with Gasteiger partial charge in [-0.1, -0.05) is 66.7 Å². The highest BCUT2D eigenvalue weighted by molar-refractivity contribution is 4.97. The molecule has 2 heteroatoms. The molecular weight excluding hydrogens is 380 g/mol. The van der Waals surface area contributed by atoms with E-state index in [2.05, 4.69) is 48.5 Å². The molecule has 0 heterocycles. The maximum Gasteiger partial charge on any atom is 0.0631 e. The fraction of sp³-hybridized carbons (Fsp3) is 1.00. The largest absolute Gasteiger partial charge is 0.378 e. The molecule has 2 aliphatic carbocycles. The van der Waals surface area contributed by atoms with Crippen LogP contribution in [0.3, 0.4) is 0 Å². The summed E-state index contributed by atoms with van der Waals surface area (Å²) in [5.41, 5.74) is 0.427. The summed E-state index contributed by atoms with van der Waals surface area (Å²) in [5.74, 6) is 3.98. The van der Waals surface area contributed by atoms with Crippen molar-refractivity contribution in [2.45, 2.75) is 138 Å². The van der Waals surface area contributed by atoms with E-state index in [1.165, 1.54) is 77.0 Å². The van der Waals surface area contributed by atoms with E-state index < -0.39 is 0 Å². The number of hydrogen-bond acceptors (Lipinski definition) is 2. The molecule has 0 aromatic rings.